The highest BCUT2D eigenvalue weighted by Gasteiger charge is 2.24. The Morgan fingerprint density at radius 2 is 1.83 bits per heavy atom. The highest BCUT2D eigenvalue weighted by molar-refractivity contribution is 7.88. The second-order valence-electron chi connectivity index (χ2n) is 7.32. The minimum Gasteiger partial charge on any atom is -0.354 e. The zero-order valence-corrected chi connectivity index (χ0v) is 17.2. The summed E-state index contributed by atoms with van der Waals surface area (Å²) in [7, 11) is -3.16. The van der Waals surface area contributed by atoms with Crippen LogP contribution in [0.5, 0.6) is 0 Å². The van der Waals surface area contributed by atoms with Gasteiger partial charge in [0.25, 0.3) is 0 Å². The molecule has 1 N–H and O–H groups in total. The molecular formula is C20H21N7O2S. The highest BCUT2D eigenvalue weighted by atomic mass is 32.2. The largest absolute Gasteiger partial charge is 0.354 e. The quantitative estimate of drug-likeness (QED) is 0.538. The van der Waals surface area contributed by atoms with E-state index < -0.39 is 10.0 Å². The first-order valence-corrected chi connectivity index (χ1v) is 11.5. The Hall–Kier alpha value is -3.24. The minimum absolute atomic E-state index is 0.461. The number of anilines is 1. The molecule has 5 rings (SSSR count). The number of piperazine rings is 1. The molecule has 0 atom stereocenters. The first kappa shape index (κ1) is 18.8. The van der Waals surface area contributed by atoms with Gasteiger partial charge < -0.3 is 4.90 Å². The molecule has 1 aromatic carbocycles. The first-order chi connectivity index (χ1) is 14.5. The molecule has 4 heterocycles. The van der Waals surface area contributed by atoms with Gasteiger partial charge in [0.1, 0.15) is 5.82 Å². The number of sulfonamides is 1. The fraction of sp³-hybridized carbons (Fsp3) is 0.250. The summed E-state index contributed by atoms with van der Waals surface area (Å²) in [6, 6.07) is 12.0. The third-order valence-corrected chi connectivity index (χ3v) is 6.69. The number of aromatic nitrogens is 5. The second kappa shape index (κ2) is 7.22. The standard InChI is InChI=1S/C20H21N7O2S/c1-30(28,29)26-10-8-25(9-11-26)20-13-17(4-6-21-20)27-19-12-15(18-5-7-22-24-18)2-3-16(19)14-23-27/h2-7,12-14H,8-11H2,1H3,(H,22,24). The molecule has 0 amide bonds. The Morgan fingerprint density at radius 3 is 2.57 bits per heavy atom. The Morgan fingerprint density at radius 1 is 1.00 bits per heavy atom. The molecule has 0 bridgehead atoms. The molecule has 1 saturated heterocycles. The molecule has 4 aromatic rings. The van der Waals surface area contributed by atoms with Gasteiger partial charge in [0.15, 0.2) is 0 Å². The van der Waals surface area contributed by atoms with E-state index in [0.29, 0.717) is 26.2 Å². The van der Waals surface area contributed by atoms with Crippen molar-refractivity contribution in [2.75, 3.05) is 37.3 Å². The summed E-state index contributed by atoms with van der Waals surface area (Å²) in [4.78, 5) is 6.61. The molecule has 3 aromatic heterocycles. The number of aromatic amines is 1. The summed E-state index contributed by atoms with van der Waals surface area (Å²) >= 11 is 0. The van der Waals surface area contributed by atoms with Crippen LogP contribution in [0.2, 0.25) is 0 Å². The van der Waals surface area contributed by atoms with Crippen molar-refractivity contribution < 1.29 is 8.42 Å². The van der Waals surface area contributed by atoms with Crippen molar-refractivity contribution in [3.63, 3.8) is 0 Å². The van der Waals surface area contributed by atoms with Crippen molar-refractivity contribution in [3.05, 3.63) is 55.0 Å². The van der Waals surface area contributed by atoms with Gasteiger partial charge in [0.2, 0.25) is 10.0 Å². The monoisotopic (exact) mass is 423 g/mol. The molecule has 0 unspecified atom stereocenters. The van der Waals surface area contributed by atoms with Crippen molar-refractivity contribution >= 4 is 26.7 Å². The fourth-order valence-corrected chi connectivity index (χ4v) is 4.60. The predicted octanol–water partition coefficient (Wildman–Crippen LogP) is 1.89. The SMILES string of the molecule is CS(=O)(=O)N1CCN(c2cc(-n3ncc4ccc(-c5ccn[nH]5)cc43)ccn2)CC1. The van der Waals surface area contributed by atoms with E-state index in [-0.39, 0.29) is 0 Å². The van der Waals surface area contributed by atoms with E-state index in [0.717, 1.165) is 33.7 Å². The van der Waals surface area contributed by atoms with Crippen molar-refractivity contribution in [3.8, 4) is 16.9 Å². The van der Waals surface area contributed by atoms with E-state index in [9.17, 15) is 8.42 Å². The van der Waals surface area contributed by atoms with Crippen LogP contribution in [0.1, 0.15) is 0 Å². The van der Waals surface area contributed by atoms with Crippen molar-refractivity contribution in [1.82, 2.24) is 29.3 Å². The van der Waals surface area contributed by atoms with Crippen molar-refractivity contribution in [1.29, 1.82) is 0 Å². The highest BCUT2D eigenvalue weighted by Crippen LogP contribution is 2.26. The van der Waals surface area contributed by atoms with Crippen LogP contribution < -0.4 is 4.90 Å². The number of pyridine rings is 1. The maximum absolute atomic E-state index is 11.8. The van der Waals surface area contributed by atoms with Gasteiger partial charge >= 0.3 is 0 Å². The number of rotatable bonds is 4. The lowest BCUT2D eigenvalue weighted by Crippen LogP contribution is -2.48. The van der Waals surface area contributed by atoms with Crippen LogP contribution in [-0.4, -0.2) is 70.1 Å². The van der Waals surface area contributed by atoms with Crippen molar-refractivity contribution in [2.24, 2.45) is 0 Å². The van der Waals surface area contributed by atoms with Gasteiger partial charge in [-0.15, -0.1) is 0 Å². The molecular weight excluding hydrogens is 402 g/mol. The number of nitrogens with zero attached hydrogens (tertiary/aromatic N) is 6. The average Bonchev–Trinajstić information content (AvgIpc) is 3.43. The lowest BCUT2D eigenvalue weighted by Gasteiger charge is -2.34. The van der Waals surface area contributed by atoms with Gasteiger partial charge in [-0.2, -0.15) is 14.5 Å². The van der Waals surface area contributed by atoms with Gasteiger partial charge in [-0.1, -0.05) is 12.1 Å². The summed E-state index contributed by atoms with van der Waals surface area (Å²) in [5.41, 5.74) is 3.88. The van der Waals surface area contributed by atoms with Gasteiger partial charge in [-0.05, 0) is 18.2 Å². The van der Waals surface area contributed by atoms with E-state index in [1.54, 1.807) is 12.4 Å². The molecule has 10 heteroatoms. The number of fused-ring (bicyclic) bond motifs is 1. The zero-order valence-electron chi connectivity index (χ0n) is 16.4. The number of hydrogen-bond donors (Lipinski definition) is 1. The summed E-state index contributed by atoms with van der Waals surface area (Å²) in [6.45, 7) is 2.13. The minimum atomic E-state index is -3.16. The smallest absolute Gasteiger partial charge is 0.211 e. The molecule has 154 valence electrons. The normalized spacial score (nSPS) is 15.7. The van der Waals surface area contributed by atoms with Crippen LogP contribution in [0.15, 0.2) is 55.0 Å². The summed E-state index contributed by atoms with van der Waals surface area (Å²) in [5.74, 6) is 0.814. The third-order valence-electron chi connectivity index (χ3n) is 5.39. The Kier molecular flexibility index (Phi) is 4.52. The van der Waals surface area contributed by atoms with Crippen molar-refractivity contribution in [2.45, 2.75) is 0 Å². The van der Waals surface area contributed by atoms with E-state index >= 15 is 0 Å². The molecule has 9 nitrogen and oxygen atoms in total. The molecule has 0 spiro atoms. The van der Waals surface area contributed by atoms with E-state index in [1.165, 1.54) is 10.6 Å². The first-order valence-electron chi connectivity index (χ1n) is 9.63. The van der Waals surface area contributed by atoms with Crippen LogP contribution in [0.4, 0.5) is 5.82 Å². The maximum atomic E-state index is 11.8. The summed E-state index contributed by atoms with van der Waals surface area (Å²) < 4.78 is 26.9. The number of hydrogen-bond acceptors (Lipinski definition) is 6. The topological polar surface area (TPSA) is 100 Å². The van der Waals surface area contributed by atoms with Gasteiger partial charge in [-0.3, -0.25) is 5.10 Å². The summed E-state index contributed by atoms with van der Waals surface area (Å²) in [5, 5.41) is 12.6. The molecule has 0 saturated carbocycles. The Balaban J connectivity index is 1.46. The summed E-state index contributed by atoms with van der Waals surface area (Å²) in [6.07, 6.45) is 6.59. The third kappa shape index (κ3) is 3.44. The Bertz CT molecular complexity index is 1290. The van der Waals surface area contributed by atoms with Crippen LogP contribution in [0, 0.1) is 0 Å². The van der Waals surface area contributed by atoms with Gasteiger partial charge in [0, 0.05) is 55.6 Å². The second-order valence-corrected chi connectivity index (χ2v) is 9.30. The zero-order chi connectivity index (χ0) is 20.7. The Labute approximate surface area is 174 Å². The van der Waals surface area contributed by atoms with E-state index in [1.807, 2.05) is 41.2 Å². The van der Waals surface area contributed by atoms with Gasteiger partial charge in [0.05, 0.1) is 29.4 Å². The van der Waals surface area contributed by atoms with Crippen LogP contribution >= 0.6 is 0 Å². The van der Waals surface area contributed by atoms with Crippen LogP contribution in [0.25, 0.3) is 27.8 Å². The fourth-order valence-electron chi connectivity index (χ4n) is 3.77. The number of H-pyrrole nitrogens is 1. The maximum Gasteiger partial charge on any atom is 0.211 e. The lowest BCUT2D eigenvalue weighted by molar-refractivity contribution is 0.387. The lowest BCUT2D eigenvalue weighted by atomic mass is 10.1. The molecule has 1 aliphatic rings. The van der Waals surface area contributed by atoms with Gasteiger partial charge in [-0.25, -0.2) is 18.1 Å². The van der Waals surface area contributed by atoms with E-state index in [2.05, 4.69) is 31.2 Å². The number of benzene rings is 1. The van der Waals surface area contributed by atoms with Crippen LogP contribution in [-0.2, 0) is 10.0 Å². The predicted molar refractivity (Wildman–Crippen MR) is 115 cm³/mol. The number of nitrogens with one attached hydrogen (secondary N) is 1. The molecule has 1 fully saturated rings. The van der Waals surface area contributed by atoms with Crippen LogP contribution in [0.3, 0.4) is 0 Å². The molecule has 1 aliphatic heterocycles. The van der Waals surface area contributed by atoms with E-state index in [4.69, 9.17) is 0 Å². The average molecular weight is 424 g/mol. The molecule has 0 radical (unpaired) electrons. The molecule has 0 aliphatic carbocycles. The molecule has 30 heavy (non-hydrogen) atoms.